The number of allylic oxidation sites excluding steroid dienone is 1. The number of hydrogen-bond donors (Lipinski definition) is 0. The number of carbonyl (C=O) groups is 1. The van der Waals surface area contributed by atoms with Crippen LogP contribution in [0.4, 0.5) is 0 Å². The lowest BCUT2D eigenvalue weighted by Gasteiger charge is -2.40. The van der Waals surface area contributed by atoms with Crippen LogP contribution in [0.5, 0.6) is 5.75 Å². The first kappa shape index (κ1) is 22.9. The van der Waals surface area contributed by atoms with Crippen molar-refractivity contribution in [2.75, 3.05) is 32.8 Å². The highest BCUT2D eigenvalue weighted by Crippen LogP contribution is 2.39. The van der Waals surface area contributed by atoms with Crippen LogP contribution in [0.3, 0.4) is 0 Å². The van der Waals surface area contributed by atoms with Gasteiger partial charge in [0.2, 0.25) is 5.91 Å². The van der Waals surface area contributed by atoms with Crippen molar-refractivity contribution >= 4 is 22.4 Å². The largest absolute Gasteiger partial charge is 0.493 e. The van der Waals surface area contributed by atoms with Crippen LogP contribution in [-0.2, 0) is 4.79 Å². The van der Waals surface area contributed by atoms with Crippen LogP contribution in [0.15, 0.2) is 16.6 Å². The number of benzene rings is 1. The van der Waals surface area contributed by atoms with Crippen LogP contribution >= 0.6 is 0 Å². The highest BCUT2D eigenvalue weighted by molar-refractivity contribution is 5.98. The van der Waals surface area contributed by atoms with Gasteiger partial charge in [-0.15, -0.1) is 0 Å². The number of aryl methyl sites for hydroxylation is 3. The maximum atomic E-state index is 13.1. The number of hydrogen-bond acceptors (Lipinski definition) is 4. The molecule has 1 aliphatic carbocycles. The number of amides is 1. The molecule has 1 aromatic heterocycles. The molecule has 0 N–H and O–H groups in total. The van der Waals surface area contributed by atoms with Crippen LogP contribution in [0.25, 0.3) is 16.5 Å². The summed E-state index contributed by atoms with van der Waals surface area (Å²) >= 11 is 0. The zero-order valence-electron chi connectivity index (χ0n) is 20.4. The summed E-state index contributed by atoms with van der Waals surface area (Å²) in [6.45, 7) is 14.3. The summed E-state index contributed by atoms with van der Waals surface area (Å²) in [5.41, 5.74) is 4.94. The number of furan rings is 1. The molecular weight excluding hydrogens is 400 g/mol. The van der Waals surface area contributed by atoms with E-state index in [2.05, 4.69) is 17.9 Å². The fourth-order valence-corrected chi connectivity index (χ4v) is 5.34. The minimum Gasteiger partial charge on any atom is -0.493 e. The highest BCUT2D eigenvalue weighted by atomic mass is 16.5. The summed E-state index contributed by atoms with van der Waals surface area (Å²) < 4.78 is 12.0. The smallest absolute Gasteiger partial charge is 0.246 e. The molecule has 174 valence electrons. The molecule has 1 aromatic carbocycles. The molecule has 1 saturated carbocycles. The third kappa shape index (κ3) is 4.45. The van der Waals surface area contributed by atoms with Gasteiger partial charge in [0.25, 0.3) is 0 Å². The van der Waals surface area contributed by atoms with Crippen molar-refractivity contribution in [3.63, 3.8) is 0 Å². The predicted octanol–water partition coefficient (Wildman–Crippen LogP) is 5.64. The Labute approximate surface area is 192 Å². The minimum atomic E-state index is 0.103. The molecule has 2 aromatic rings. The van der Waals surface area contributed by atoms with Gasteiger partial charge in [-0.05, 0) is 64.7 Å². The SMILES string of the molecule is CCOc1c(/C(C)=C/C(=O)N2CCN(C3CCCCC3)CC2)cc2c(C)c(C)oc2c1C. The Morgan fingerprint density at radius 2 is 1.78 bits per heavy atom. The molecule has 5 heteroatoms. The van der Waals surface area contributed by atoms with Gasteiger partial charge in [-0.25, -0.2) is 0 Å². The second-order valence-corrected chi connectivity index (χ2v) is 9.45. The van der Waals surface area contributed by atoms with Crippen molar-refractivity contribution in [1.82, 2.24) is 9.80 Å². The zero-order chi connectivity index (χ0) is 22.8. The van der Waals surface area contributed by atoms with E-state index in [1.165, 1.54) is 32.1 Å². The van der Waals surface area contributed by atoms with E-state index in [1.54, 1.807) is 6.08 Å². The van der Waals surface area contributed by atoms with E-state index >= 15 is 0 Å². The fourth-order valence-electron chi connectivity index (χ4n) is 5.34. The zero-order valence-corrected chi connectivity index (χ0v) is 20.4. The molecule has 1 amide bonds. The first-order valence-corrected chi connectivity index (χ1v) is 12.3. The van der Waals surface area contributed by atoms with Gasteiger partial charge in [-0.1, -0.05) is 19.3 Å². The fraction of sp³-hybridized carbons (Fsp3) is 0.593. The van der Waals surface area contributed by atoms with Crippen molar-refractivity contribution in [3.05, 3.63) is 34.6 Å². The van der Waals surface area contributed by atoms with Crippen LogP contribution in [0, 0.1) is 20.8 Å². The molecule has 2 fully saturated rings. The van der Waals surface area contributed by atoms with Crippen LogP contribution in [0.1, 0.15) is 68.4 Å². The molecule has 0 atom stereocenters. The van der Waals surface area contributed by atoms with Gasteiger partial charge in [0, 0.05) is 54.8 Å². The van der Waals surface area contributed by atoms with Gasteiger partial charge < -0.3 is 14.1 Å². The Hall–Kier alpha value is -2.27. The summed E-state index contributed by atoms with van der Waals surface area (Å²) in [7, 11) is 0. The monoisotopic (exact) mass is 438 g/mol. The number of carbonyl (C=O) groups excluding carboxylic acids is 1. The summed E-state index contributed by atoms with van der Waals surface area (Å²) in [6.07, 6.45) is 8.53. The van der Waals surface area contributed by atoms with E-state index in [0.717, 1.165) is 77.0 Å². The molecular formula is C27H38N2O3. The summed E-state index contributed by atoms with van der Waals surface area (Å²) in [6, 6.07) is 2.85. The lowest BCUT2D eigenvalue weighted by molar-refractivity contribution is -0.128. The van der Waals surface area contributed by atoms with Gasteiger partial charge in [0.1, 0.15) is 17.1 Å². The van der Waals surface area contributed by atoms with E-state index < -0.39 is 0 Å². The first-order chi connectivity index (χ1) is 15.4. The first-order valence-electron chi connectivity index (χ1n) is 12.3. The molecule has 0 unspecified atom stereocenters. The maximum absolute atomic E-state index is 13.1. The van der Waals surface area contributed by atoms with Gasteiger partial charge in [-0.2, -0.15) is 0 Å². The number of fused-ring (bicyclic) bond motifs is 1. The number of rotatable bonds is 5. The van der Waals surface area contributed by atoms with Gasteiger partial charge >= 0.3 is 0 Å². The molecule has 1 aliphatic heterocycles. The summed E-state index contributed by atoms with van der Waals surface area (Å²) in [5.74, 6) is 1.85. The lowest BCUT2D eigenvalue weighted by atomic mass is 9.94. The number of nitrogens with zero attached hydrogens (tertiary/aromatic N) is 2. The van der Waals surface area contributed by atoms with Crippen molar-refractivity contribution in [3.8, 4) is 5.75 Å². The molecule has 32 heavy (non-hydrogen) atoms. The van der Waals surface area contributed by atoms with E-state index in [0.29, 0.717) is 6.61 Å². The molecule has 5 nitrogen and oxygen atoms in total. The Morgan fingerprint density at radius 3 is 2.44 bits per heavy atom. The minimum absolute atomic E-state index is 0.103. The van der Waals surface area contributed by atoms with Crippen LogP contribution in [-0.4, -0.2) is 54.5 Å². The quantitative estimate of drug-likeness (QED) is 0.567. The van der Waals surface area contributed by atoms with Crippen LogP contribution < -0.4 is 4.74 Å². The standard InChI is InChI=1S/C27H38N2O3/c1-6-31-26-20(4)27-24(19(3)21(5)32-27)17-23(26)18(2)16-25(30)29-14-12-28(13-15-29)22-10-8-7-9-11-22/h16-17,22H,6-15H2,1-5H3/b18-16+. The average molecular weight is 439 g/mol. The van der Waals surface area contributed by atoms with Gasteiger partial charge in [-0.3, -0.25) is 9.69 Å². The van der Waals surface area contributed by atoms with Crippen molar-refractivity contribution < 1.29 is 13.9 Å². The molecule has 4 rings (SSSR count). The molecule has 0 radical (unpaired) electrons. The lowest BCUT2D eigenvalue weighted by Crippen LogP contribution is -2.52. The Morgan fingerprint density at radius 1 is 1.09 bits per heavy atom. The van der Waals surface area contributed by atoms with Crippen molar-refractivity contribution in [1.29, 1.82) is 0 Å². The summed E-state index contributed by atoms with van der Waals surface area (Å²) in [5, 5.41) is 1.10. The Balaban J connectivity index is 1.53. The third-order valence-electron chi connectivity index (χ3n) is 7.42. The van der Waals surface area contributed by atoms with Crippen LogP contribution in [0.2, 0.25) is 0 Å². The van der Waals surface area contributed by atoms with Crippen molar-refractivity contribution in [2.45, 2.75) is 72.8 Å². The molecule has 0 spiro atoms. The molecule has 1 saturated heterocycles. The van der Waals surface area contributed by atoms with E-state index in [1.807, 2.05) is 32.6 Å². The topological polar surface area (TPSA) is 45.9 Å². The van der Waals surface area contributed by atoms with E-state index in [9.17, 15) is 4.79 Å². The average Bonchev–Trinajstić information content (AvgIpc) is 3.10. The predicted molar refractivity (Wildman–Crippen MR) is 130 cm³/mol. The van der Waals surface area contributed by atoms with Crippen molar-refractivity contribution in [2.24, 2.45) is 0 Å². The number of ether oxygens (including phenoxy) is 1. The Kier molecular flexibility index (Phi) is 6.94. The Bertz CT molecular complexity index is 1010. The highest BCUT2D eigenvalue weighted by Gasteiger charge is 2.27. The molecule has 0 bridgehead atoms. The summed E-state index contributed by atoms with van der Waals surface area (Å²) in [4.78, 5) is 17.7. The van der Waals surface area contributed by atoms with E-state index in [4.69, 9.17) is 9.15 Å². The normalized spacial score (nSPS) is 19.0. The molecule has 2 aliphatic rings. The molecule has 2 heterocycles. The maximum Gasteiger partial charge on any atom is 0.246 e. The second-order valence-electron chi connectivity index (χ2n) is 9.45. The van der Waals surface area contributed by atoms with Gasteiger partial charge in [0.05, 0.1) is 6.61 Å². The third-order valence-corrected chi connectivity index (χ3v) is 7.42. The van der Waals surface area contributed by atoms with Gasteiger partial charge in [0.15, 0.2) is 0 Å². The van der Waals surface area contributed by atoms with E-state index in [-0.39, 0.29) is 5.91 Å². The second kappa shape index (κ2) is 9.70. The number of piperazine rings is 1.